The highest BCUT2D eigenvalue weighted by Crippen LogP contribution is 2.29. The van der Waals surface area contributed by atoms with E-state index in [9.17, 15) is 25.2 Å². The molecule has 0 saturated carbocycles. The molecular formula is C18H22O6. The quantitative estimate of drug-likeness (QED) is 0.428. The number of rotatable bonds is 0. The standard InChI is InChI=1S/C18H22O6/c1-11-5-4-8-15(21)14(20)7-3-2-6-12-9-13(19)10-16(22)17(12)18(23)24-11/h2,4,6,8-11,14-15,19-22H,3,5,7H2,1H3/b6-2+,8-4+/t11-,14-,15-/m1/s1. The van der Waals surface area contributed by atoms with Crippen LogP contribution in [0.4, 0.5) is 0 Å². The van der Waals surface area contributed by atoms with Gasteiger partial charge in [0.25, 0.3) is 0 Å². The van der Waals surface area contributed by atoms with Crippen LogP contribution >= 0.6 is 0 Å². The van der Waals surface area contributed by atoms with Gasteiger partial charge in [-0.25, -0.2) is 4.79 Å². The van der Waals surface area contributed by atoms with Gasteiger partial charge in [0.2, 0.25) is 0 Å². The zero-order valence-corrected chi connectivity index (χ0v) is 13.4. The molecule has 1 aliphatic rings. The van der Waals surface area contributed by atoms with E-state index in [2.05, 4.69) is 0 Å². The van der Waals surface area contributed by atoms with Gasteiger partial charge in [-0.15, -0.1) is 0 Å². The van der Waals surface area contributed by atoms with Crippen molar-refractivity contribution in [3.8, 4) is 11.5 Å². The molecule has 1 heterocycles. The first-order chi connectivity index (χ1) is 11.4. The molecule has 6 heteroatoms. The first-order valence-electron chi connectivity index (χ1n) is 7.84. The molecular weight excluding hydrogens is 312 g/mol. The van der Waals surface area contributed by atoms with Crippen molar-refractivity contribution in [3.63, 3.8) is 0 Å². The minimum atomic E-state index is -0.982. The third-order valence-electron chi connectivity index (χ3n) is 3.77. The van der Waals surface area contributed by atoms with E-state index in [4.69, 9.17) is 4.74 Å². The van der Waals surface area contributed by atoms with Gasteiger partial charge >= 0.3 is 5.97 Å². The van der Waals surface area contributed by atoms with Crippen LogP contribution in [-0.4, -0.2) is 44.7 Å². The molecule has 0 amide bonds. The van der Waals surface area contributed by atoms with Gasteiger partial charge in [0, 0.05) is 12.5 Å². The van der Waals surface area contributed by atoms with E-state index in [1.807, 2.05) is 0 Å². The van der Waals surface area contributed by atoms with E-state index in [-0.39, 0.29) is 17.1 Å². The minimum absolute atomic E-state index is 0.0162. The SMILES string of the molecule is C[C@@H]1C/C=C/[C@@H](O)[C@H](O)CC/C=C/c2cc(O)cc(O)c2C(=O)O1. The molecule has 1 aromatic carbocycles. The monoisotopic (exact) mass is 334 g/mol. The highest BCUT2D eigenvalue weighted by atomic mass is 16.5. The molecule has 0 bridgehead atoms. The first-order valence-corrected chi connectivity index (χ1v) is 7.84. The number of carbonyl (C=O) groups is 1. The van der Waals surface area contributed by atoms with E-state index >= 15 is 0 Å². The number of esters is 1. The Bertz CT molecular complexity index is 649. The summed E-state index contributed by atoms with van der Waals surface area (Å²) in [6.45, 7) is 1.68. The molecule has 1 aromatic rings. The van der Waals surface area contributed by atoms with Gasteiger partial charge in [-0.05, 0) is 31.4 Å². The van der Waals surface area contributed by atoms with Gasteiger partial charge in [-0.1, -0.05) is 24.3 Å². The summed E-state index contributed by atoms with van der Waals surface area (Å²) in [7, 11) is 0. The first kappa shape index (κ1) is 18.0. The lowest BCUT2D eigenvalue weighted by Crippen LogP contribution is -2.23. The molecule has 0 radical (unpaired) electrons. The van der Waals surface area contributed by atoms with Gasteiger partial charge in [0.1, 0.15) is 23.2 Å². The van der Waals surface area contributed by atoms with Crippen LogP contribution in [0.1, 0.15) is 42.1 Å². The summed E-state index contributed by atoms with van der Waals surface area (Å²) in [5, 5.41) is 39.3. The predicted molar refractivity (Wildman–Crippen MR) is 88.7 cm³/mol. The van der Waals surface area contributed by atoms with E-state index in [1.54, 1.807) is 25.2 Å². The second-order valence-corrected chi connectivity index (χ2v) is 5.85. The zero-order valence-electron chi connectivity index (χ0n) is 13.4. The Hall–Kier alpha value is -2.31. The number of cyclic esters (lactones) is 1. The van der Waals surface area contributed by atoms with Gasteiger partial charge < -0.3 is 25.2 Å². The number of phenolic OH excluding ortho intramolecular Hbond substituents is 2. The maximum absolute atomic E-state index is 12.3. The molecule has 130 valence electrons. The lowest BCUT2D eigenvalue weighted by molar-refractivity contribution is 0.0337. The number of ether oxygens (including phenoxy) is 1. The predicted octanol–water partition coefficient (Wildman–Crippen LogP) is 2.12. The molecule has 0 unspecified atom stereocenters. The normalized spacial score (nSPS) is 28.3. The molecule has 3 atom stereocenters. The van der Waals surface area contributed by atoms with Crippen molar-refractivity contribution in [3.05, 3.63) is 41.5 Å². The number of aliphatic hydroxyl groups is 2. The minimum Gasteiger partial charge on any atom is -0.508 e. The Morgan fingerprint density at radius 3 is 2.67 bits per heavy atom. The van der Waals surface area contributed by atoms with Crippen LogP contribution in [0.5, 0.6) is 11.5 Å². The number of benzene rings is 1. The number of fused-ring (bicyclic) bond motifs is 1. The van der Waals surface area contributed by atoms with Crippen LogP contribution in [0.25, 0.3) is 6.08 Å². The van der Waals surface area contributed by atoms with Crippen molar-refractivity contribution < 1.29 is 30.0 Å². The molecule has 2 rings (SSSR count). The highest BCUT2D eigenvalue weighted by molar-refractivity contribution is 5.97. The zero-order chi connectivity index (χ0) is 17.7. The molecule has 6 nitrogen and oxygen atoms in total. The fraction of sp³-hybridized carbons (Fsp3) is 0.389. The largest absolute Gasteiger partial charge is 0.508 e. The Kier molecular flexibility index (Phi) is 6.00. The number of aromatic hydroxyl groups is 2. The van der Waals surface area contributed by atoms with Crippen molar-refractivity contribution >= 4 is 12.0 Å². The summed E-state index contributed by atoms with van der Waals surface area (Å²) < 4.78 is 5.29. The van der Waals surface area contributed by atoms with Gasteiger partial charge in [0.15, 0.2) is 0 Å². The third kappa shape index (κ3) is 4.59. The van der Waals surface area contributed by atoms with Crippen LogP contribution < -0.4 is 0 Å². The van der Waals surface area contributed by atoms with Crippen LogP contribution in [0.3, 0.4) is 0 Å². The molecule has 0 aromatic heterocycles. The Morgan fingerprint density at radius 2 is 1.92 bits per heavy atom. The van der Waals surface area contributed by atoms with E-state index in [0.717, 1.165) is 6.07 Å². The van der Waals surface area contributed by atoms with Crippen LogP contribution in [0.15, 0.2) is 30.4 Å². The number of allylic oxidation sites excluding steroid dienone is 1. The summed E-state index contributed by atoms with van der Waals surface area (Å²) >= 11 is 0. The number of hydrogen-bond donors (Lipinski definition) is 4. The number of aliphatic hydroxyl groups excluding tert-OH is 2. The summed E-state index contributed by atoms with van der Waals surface area (Å²) in [5.41, 5.74) is 0.310. The lowest BCUT2D eigenvalue weighted by atomic mass is 10.0. The van der Waals surface area contributed by atoms with Crippen molar-refractivity contribution in [1.82, 2.24) is 0 Å². The highest BCUT2D eigenvalue weighted by Gasteiger charge is 2.20. The number of hydrogen-bond acceptors (Lipinski definition) is 6. The van der Waals surface area contributed by atoms with Crippen LogP contribution in [0, 0.1) is 0 Å². The second kappa shape index (κ2) is 7.99. The Labute approximate surface area is 140 Å². The fourth-order valence-corrected chi connectivity index (χ4v) is 2.46. The molecule has 0 spiro atoms. The smallest absolute Gasteiger partial charge is 0.342 e. The van der Waals surface area contributed by atoms with Crippen molar-refractivity contribution in [2.75, 3.05) is 0 Å². The molecule has 0 saturated heterocycles. The Balaban J connectivity index is 2.36. The van der Waals surface area contributed by atoms with Gasteiger partial charge in [-0.3, -0.25) is 0 Å². The Morgan fingerprint density at radius 1 is 1.17 bits per heavy atom. The summed E-state index contributed by atoms with van der Waals surface area (Å²) in [4.78, 5) is 12.3. The van der Waals surface area contributed by atoms with Crippen molar-refractivity contribution in [2.24, 2.45) is 0 Å². The summed E-state index contributed by atoms with van der Waals surface area (Å²) in [6.07, 6.45) is 5.18. The van der Waals surface area contributed by atoms with Crippen LogP contribution in [0.2, 0.25) is 0 Å². The molecule has 1 aliphatic heterocycles. The topological polar surface area (TPSA) is 107 Å². The van der Waals surface area contributed by atoms with E-state index in [1.165, 1.54) is 12.1 Å². The fourth-order valence-electron chi connectivity index (χ4n) is 2.46. The van der Waals surface area contributed by atoms with Crippen molar-refractivity contribution in [1.29, 1.82) is 0 Å². The van der Waals surface area contributed by atoms with Gasteiger partial charge in [-0.2, -0.15) is 0 Å². The average Bonchev–Trinajstić information content (AvgIpc) is 2.49. The van der Waals surface area contributed by atoms with Gasteiger partial charge in [0.05, 0.1) is 12.2 Å². The van der Waals surface area contributed by atoms with Crippen LogP contribution in [-0.2, 0) is 4.74 Å². The lowest BCUT2D eigenvalue weighted by Gasteiger charge is -2.16. The molecule has 0 fully saturated rings. The summed E-state index contributed by atoms with van der Waals surface area (Å²) in [5.74, 6) is -1.22. The third-order valence-corrected chi connectivity index (χ3v) is 3.77. The summed E-state index contributed by atoms with van der Waals surface area (Å²) in [6, 6.07) is 2.44. The molecule has 0 aliphatic carbocycles. The molecule has 4 N–H and O–H groups in total. The maximum Gasteiger partial charge on any atom is 0.342 e. The maximum atomic E-state index is 12.3. The second-order valence-electron chi connectivity index (χ2n) is 5.85. The number of carbonyl (C=O) groups excluding carboxylic acids is 1. The number of phenols is 2. The van der Waals surface area contributed by atoms with E-state index < -0.39 is 24.3 Å². The molecule has 24 heavy (non-hydrogen) atoms. The average molecular weight is 334 g/mol. The van der Waals surface area contributed by atoms with Crippen molar-refractivity contribution in [2.45, 2.75) is 44.5 Å². The van der Waals surface area contributed by atoms with E-state index in [0.29, 0.717) is 24.8 Å².